The number of rotatable bonds is 22. The van der Waals surface area contributed by atoms with E-state index in [-0.39, 0.29) is 13.1 Å². The van der Waals surface area contributed by atoms with Crippen LogP contribution < -0.4 is 56.5 Å². The van der Waals surface area contributed by atoms with Crippen LogP contribution in [0.3, 0.4) is 0 Å². The molecule has 4 heterocycles. The summed E-state index contributed by atoms with van der Waals surface area (Å²) in [5, 5.41) is 174. The number of aliphatic imine (C=N–C) groups is 4. The number of likely N-dealkylation sites (N-methyl/N-ethyl adjacent to an activating group) is 2. The second-order valence-corrected chi connectivity index (χ2v) is 21.2. The van der Waals surface area contributed by atoms with Gasteiger partial charge in [-0.25, -0.2) is 20.0 Å². The highest BCUT2D eigenvalue weighted by Crippen LogP contribution is 2.42. The topological polar surface area (TPSA) is 662 Å². The fourth-order valence-electron chi connectivity index (χ4n) is 11.2. The number of aliphatic hydroxyl groups is 15. The summed E-state index contributed by atoms with van der Waals surface area (Å²) in [5.74, 6) is -2.35. The predicted molar refractivity (Wildman–Crippen MR) is 277 cm³/mol. The van der Waals surface area contributed by atoms with Crippen LogP contribution in [0.2, 0.25) is 0 Å². The van der Waals surface area contributed by atoms with E-state index in [9.17, 15) is 76.6 Å². The summed E-state index contributed by atoms with van der Waals surface area (Å²) in [6.07, 6.45) is -38.1. The summed E-state index contributed by atoms with van der Waals surface area (Å²) >= 11 is 0. The lowest BCUT2D eigenvalue weighted by Crippen LogP contribution is -2.67. The van der Waals surface area contributed by atoms with E-state index in [2.05, 4.69) is 30.6 Å². The molecule has 38 heteroatoms. The Kier molecular flexibility index (Phi) is 22.6. The Morgan fingerprint density at radius 3 is 1.33 bits per heavy atom. The zero-order chi connectivity index (χ0) is 61.2. The molecule has 4 saturated heterocycles. The number of hydrogen-bond donors (Lipinski definition) is 25. The monoisotopic (exact) mass is 1190 g/mol. The maximum absolute atomic E-state index is 12.7. The SMILES string of the molecule is CNC1[C@H](OC2[C@H](O[C@@H]3C(O)[C@H](O)C(N=C(N)N)C(O)[C@@H]3N=C(N)N)O[C@H](C)[C@@]2(O)CNCCN(C)C2[C@H](OC3[C@H](O[C@@H]4C(O)[C@H](O)C(N=C(N)N)C(O)[C@@H]4N=C(N)N)O[C@H](C)[C@@]3(O)CO)OC(CO)[C@H](O)[C@@H]2O)OC(CO)[C@H](O)[C@@H]1O. The van der Waals surface area contributed by atoms with Gasteiger partial charge in [-0.2, -0.15) is 0 Å². The minimum Gasteiger partial charge on any atom is -0.394 e. The highest BCUT2D eigenvalue weighted by Gasteiger charge is 2.63. The summed E-state index contributed by atoms with van der Waals surface area (Å²) in [6, 6.07) is -9.10. The van der Waals surface area contributed by atoms with Crippen molar-refractivity contribution >= 4 is 23.8 Å². The van der Waals surface area contributed by atoms with Gasteiger partial charge in [-0.1, -0.05) is 0 Å². The van der Waals surface area contributed by atoms with Gasteiger partial charge in [0.25, 0.3) is 0 Å². The molecule has 0 aromatic rings. The molecule has 6 aliphatic rings. The van der Waals surface area contributed by atoms with Crippen LogP contribution in [0.4, 0.5) is 0 Å². The Bertz CT molecular complexity index is 2200. The maximum atomic E-state index is 12.7. The summed E-state index contributed by atoms with van der Waals surface area (Å²) in [5.41, 5.74) is 40.2. The van der Waals surface area contributed by atoms with Crippen molar-refractivity contribution in [3.63, 3.8) is 0 Å². The molecule has 0 radical (unpaired) electrons. The first-order chi connectivity index (χ1) is 38.4. The first kappa shape index (κ1) is 67.2. The summed E-state index contributed by atoms with van der Waals surface area (Å²) < 4.78 is 48.9. The zero-order valence-corrected chi connectivity index (χ0v) is 45.2. The molecule has 2 aliphatic carbocycles. The van der Waals surface area contributed by atoms with E-state index >= 15 is 0 Å². The molecule has 6 rings (SSSR count). The summed E-state index contributed by atoms with van der Waals surface area (Å²) in [7, 11) is 2.84. The van der Waals surface area contributed by atoms with Crippen molar-refractivity contribution in [2.75, 3.05) is 53.6 Å². The van der Waals surface area contributed by atoms with E-state index in [1.54, 1.807) is 0 Å². The van der Waals surface area contributed by atoms with Gasteiger partial charge in [-0.15, -0.1) is 0 Å². The van der Waals surface area contributed by atoms with Gasteiger partial charge in [-0.3, -0.25) is 4.90 Å². The van der Waals surface area contributed by atoms with Gasteiger partial charge >= 0.3 is 0 Å². The molecule has 0 aromatic carbocycles. The molecule has 4 aliphatic heterocycles. The minimum atomic E-state index is -2.39. The molecule has 12 unspecified atom stereocenters. The maximum Gasteiger partial charge on any atom is 0.187 e. The Hall–Kier alpha value is -3.96. The molecule has 82 heavy (non-hydrogen) atoms. The van der Waals surface area contributed by atoms with Crippen LogP contribution in [0.25, 0.3) is 0 Å². The third-order valence-corrected chi connectivity index (χ3v) is 15.9. The molecular formula is C44H85N15O23. The van der Waals surface area contributed by atoms with Crippen LogP contribution in [0, 0.1) is 0 Å². The van der Waals surface area contributed by atoms with Gasteiger partial charge in [0.05, 0.1) is 44.1 Å². The molecule has 33 N–H and O–H groups in total. The lowest BCUT2D eigenvalue weighted by molar-refractivity contribution is -0.327. The lowest BCUT2D eigenvalue weighted by Gasteiger charge is -2.48. The second kappa shape index (κ2) is 27.6. The van der Waals surface area contributed by atoms with E-state index in [0.29, 0.717) is 0 Å². The molecular weight excluding hydrogens is 1110 g/mol. The van der Waals surface area contributed by atoms with Crippen molar-refractivity contribution in [1.82, 2.24) is 15.5 Å². The van der Waals surface area contributed by atoms with E-state index in [4.69, 9.17) is 83.8 Å². The predicted octanol–water partition coefficient (Wildman–Crippen LogP) is -16.4. The third-order valence-electron chi connectivity index (χ3n) is 15.9. The van der Waals surface area contributed by atoms with Crippen LogP contribution in [-0.4, -0.2) is 341 Å². The molecule has 2 saturated carbocycles. The quantitative estimate of drug-likeness (QED) is 0.0272. The largest absolute Gasteiger partial charge is 0.394 e. The first-order valence-corrected chi connectivity index (χ1v) is 26.2. The number of nitrogens with two attached hydrogens (primary N) is 8. The van der Waals surface area contributed by atoms with E-state index < -0.39 is 233 Å². The summed E-state index contributed by atoms with van der Waals surface area (Å²) in [6.45, 7) is -0.788. The molecule has 0 spiro atoms. The molecule has 474 valence electrons. The van der Waals surface area contributed by atoms with Crippen LogP contribution in [0.5, 0.6) is 0 Å². The van der Waals surface area contributed by atoms with Gasteiger partial charge in [0.15, 0.2) is 49.0 Å². The van der Waals surface area contributed by atoms with Gasteiger partial charge in [0.2, 0.25) is 0 Å². The van der Waals surface area contributed by atoms with Gasteiger partial charge in [0.1, 0.15) is 133 Å². The van der Waals surface area contributed by atoms with E-state index in [1.165, 1.54) is 32.8 Å². The van der Waals surface area contributed by atoms with Crippen LogP contribution in [-0.2, 0) is 37.9 Å². The highest BCUT2D eigenvalue weighted by molar-refractivity contribution is 5.77. The van der Waals surface area contributed by atoms with E-state index in [1.807, 2.05) is 0 Å². The average molecular weight is 1190 g/mol. The van der Waals surface area contributed by atoms with Gasteiger partial charge in [-0.05, 0) is 27.9 Å². The number of guanidine groups is 4. The smallest absolute Gasteiger partial charge is 0.187 e. The molecule has 38 nitrogen and oxygen atoms in total. The number of ether oxygens (including phenoxy) is 8. The number of nitrogens with zero attached hydrogens (tertiary/aromatic N) is 5. The standard InChI is InChI=1S/C44H85N15O23/c1-11-43(73,33(81-35-19(53-3)27(69)21(63)13(7-60)77-35)37(75-11)79-31-17(57-41(49)50)23(65)15(55-39(45)46)25(67)29(31)71)9-54-5-6-59(4)20-28(70)22(64)14(8-61)78-36(20)82-34-38(76-12(2)44(34,74)10-62)80-32-18(58-42(51)52)24(66)16(56-40(47)48)26(68)30(32)72/h11-38,53-54,60-74H,5-10H2,1-4H3,(H4,45,46,55)(H4,47,48,56)(H4,49,50,57)(H4,51,52,58)/t11-,12-,13?,14?,15?,16?,17+,18+,19?,20?,21+,22+,23?,24?,25-,26-,27-,28-,29?,30?,31+,32+,33?,34?,35+,36+,37+,38+,43+,44+/m1/s1. The van der Waals surface area contributed by atoms with Crippen molar-refractivity contribution in [2.24, 2.45) is 65.8 Å². The highest BCUT2D eigenvalue weighted by atomic mass is 16.8. The van der Waals surface area contributed by atoms with Gasteiger partial charge < -0.3 is 171 Å². The van der Waals surface area contributed by atoms with Crippen molar-refractivity contribution < 1.29 is 114 Å². The fraction of sp³-hybridized carbons (Fsp3) is 0.909. The molecule has 0 amide bonds. The fourth-order valence-corrected chi connectivity index (χ4v) is 11.2. The Labute approximate surface area is 468 Å². The minimum absolute atomic E-state index is 0.137. The second-order valence-electron chi connectivity index (χ2n) is 21.2. The van der Waals surface area contributed by atoms with Crippen LogP contribution in [0.1, 0.15) is 13.8 Å². The summed E-state index contributed by atoms with van der Waals surface area (Å²) in [4.78, 5) is 17.0. The van der Waals surface area contributed by atoms with Gasteiger partial charge in [0, 0.05) is 19.6 Å². The normalized spacial score (nSPS) is 47.0. The van der Waals surface area contributed by atoms with Crippen LogP contribution in [0.15, 0.2) is 20.0 Å². The first-order valence-electron chi connectivity index (χ1n) is 26.2. The molecule has 0 aromatic heterocycles. The Morgan fingerprint density at radius 2 is 0.902 bits per heavy atom. The zero-order valence-electron chi connectivity index (χ0n) is 45.2. The third kappa shape index (κ3) is 13.7. The lowest BCUT2D eigenvalue weighted by atomic mass is 9.81. The van der Waals surface area contributed by atoms with Crippen molar-refractivity contribution in [1.29, 1.82) is 0 Å². The molecule has 0 bridgehead atoms. The van der Waals surface area contributed by atoms with Crippen LogP contribution >= 0.6 is 0 Å². The molecule has 6 fully saturated rings. The Morgan fingerprint density at radius 1 is 0.500 bits per heavy atom. The number of nitrogens with one attached hydrogen (secondary N) is 2. The average Bonchev–Trinajstić information content (AvgIpc) is 2.32. The van der Waals surface area contributed by atoms with E-state index in [0.717, 1.165) is 0 Å². The Balaban J connectivity index is 1.26. The van der Waals surface area contributed by atoms with Crippen molar-refractivity contribution in [3.05, 3.63) is 0 Å². The van der Waals surface area contributed by atoms with Crippen molar-refractivity contribution in [2.45, 2.75) is 196 Å². The number of hydrogen-bond acceptors (Lipinski definition) is 30. The van der Waals surface area contributed by atoms with Crippen molar-refractivity contribution in [3.8, 4) is 0 Å². The number of aliphatic hydroxyl groups excluding tert-OH is 13. The molecule has 30 atom stereocenters.